The Morgan fingerprint density at radius 1 is 1.08 bits per heavy atom. The monoisotopic (exact) mass is 707 g/mol. The molecule has 3 aromatic rings. The molecule has 2 amide bonds. The second kappa shape index (κ2) is 15.2. The Bertz CT molecular complexity index is 1740. The number of hydrogen-bond acceptors (Lipinski definition) is 7. The number of fused-ring (bicyclic) bond motifs is 1. The molecule has 258 valence electrons. The third-order valence-electron chi connectivity index (χ3n) is 8.27. The van der Waals surface area contributed by atoms with E-state index in [1.54, 1.807) is 19.1 Å². The van der Waals surface area contributed by atoms with Gasteiger partial charge in [0.1, 0.15) is 0 Å². The van der Waals surface area contributed by atoms with Crippen LogP contribution in [-0.4, -0.2) is 75.4 Å². The lowest BCUT2D eigenvalue weighted by atomic mass is 9.88. The number of Topliss-reactive ketones (excluding diaryl/α,β-unsaturated/α-hetero) is 2. The lowest BCUT2D eigenvalue weighted by molar-refractivity contribution is -0.141. The van der Waals surface area contributed by atoms with Gasteiger partial charge < -0.3 is 14.8 Å². The number of halogens is 4. The molecule has 1 aliphatic heterocycles. The molecule has 4 rings (SSSR count). The summed E-state index contributed by atoms with van der Waals surface area (Å²) in [7, 11) is -2.91. The summed E-state index contributed by atoms with van der Waals surface area (Å²) in [5, 5.41) is 9.82. The Balaban J connectivity index is 1.67. The van der Waals surface area contributed by atoms with Crippen molar-refractivity contribution in [3.63, 3.8) is 0 Å². The summed E-state index contributed by atoms with van der Waals surface area (Å²) in [5.41, 5.74) is 0.0655. The molecule has 0 spiro atoms. The van der Waals surface area contributed by atoms with Crippen LogP contribution in [0.2, 0.25) is 5.02 Å². The van der Waals surface area contributed by atoms with Crippen molar-refractivity contribution in [2.24, 2.45) is 5.92 Å². The second-order valence-electron chi connectivity index (χ2n) is 12.7. The number of carbonyl (C=O) groups is 4. The quantitative estimate of drug-likeness (QED) is 0.200. The third-order valence-corrected chi connectivity index (χ3v) is 9.54. The number of para-hydroxylation sites is 1. The predicted octanol–water partition coefficient (Wildman–Crippen LogP) is 6.85. The van der Waals surface area contributed by atoms with E-state index in [4.69, 9.17) is 11.6 Å². The van der Waals surface area contributed by atoms with Crippen LogP contribution in [-0.2, 0) is 25.1 Å². The fraction of sp³-hybridized carbons (Fsp3) is 0.455. The lowest BCUT2D eigenvalue weighted by Gasteiger charge is -2.33. The van der Waals surface area contributed by atoms with E-state index >= 15 is 0 Å². The molecule has 0 saturated carbocycles. The first-order valence-corrected chi connectivity index (χ1v) is 18.7. The Hall–Kier alpha value is -3.83. The van der Waals surface area contributed by atoms with Gasteiger partial charge in [-0.25, -0.2) is 4.68 Å². The van der Waals surface area contributed by atoms with Crippen molar-refractivity contribution >= 4 is 47.8 Å². The maximum atomic E-state index is 14.0. The molecule has 0 radical (unpaired) electrons. The minimum Gasteiger partial charge on any atom is -0.332 e. The molecule has 2 aromatic carbocycles. The predicted molar refractivity (Wildman–Crippen MR) is 176 cm³/mol. The lowest BCUT2D eigenvalue weighted by Crippen LogP contribution is -2.47. The van der Waals surface area contributed by atoms with Crippen LogP contribution in [0.5, 0.6) is 0 Å². The Labute approximate surface area is 281 Å². The fourth-order valence-corrected chi connectivity index (χ4v) is 6.76. The standard InChI is InChI=1S/C33H38ClF3N5O5P/c1-20-8-7-11-27(29(44)16-21(2)23-9-5-6-10-25(23)38-32(20)46)41(31(45)19-48(3,4)47)15-14-28(43)24-17-22(34)12-13-26(24)42-18-30(39-40-42)33(35,36)37/h5-6,9-10,12-13,17-18,20-21,27H,7-8,11,14-16,19H2,1-4H3,(H,38,46)/t20-,21?,27+/m1/s1. The molecule has 1 aliphatic rings. The van der Waals surface area contributed by atoms with E-state index in [9.17, 15) is 36.9 Å². The fourth-order valence-electron chi connectivity index (χ4n) is 5.75. The van der Waals surface area contributed by atoms with E-state index < -0.39 is 42.7 Å². The number of aromatic nitrogens is 3. The number of amides is 2. The molecule has 15 heteroatoms. The van der Waals surface area contributed by atoms with Crippen molar-refractivity contribution < 1.29 is 36.9 Å². The first-order valence-electron chi connectivity index (χ1n) is 15.5. The smallest absolute Gasteiger partial charge is 0.332 e. The van der Waals surface area contributed by atoms with E-state index in [1.807, 2.05) is 19.1 Å². The molecule has 0 aliphatic carbocycles. The van der Waals surface area contributed by atoms with Crippen molar-refractivity contribution in [3.05, 3.63) is 70.5 Å². The van der Waals surface area contributed by atoms with Crippen LogP contribution in [0.4, 0.5) is 18.9 Å². The number of benzene rings is 2. The van der Waals surface area contributed by atoms with Crippen LogP contribution < -0.4 is 5.32 Å². The minimum absolute atomic E-state index is 0.00117. The average Bonchev–Trinajstić information content (AvgIpc) is 3.50. The summed E-state index contributed by atoms with van der Waals surface area (Å²) >= 11 is 6.17. The molecule has 1 unspecified atom stereocenters. The summed E-state index contributed by atoms with van der Waals surface area (Å²) in [6.45, 7) is 6.33. The van der Waals surface area contributed by atoms with Crippen molar-refractivity contribution in [2.45, 2.75) is 64.1 Å². The number of nitrogens with one attached hydrogen (secondary N) is 1. The van der Waals surface area contributed by atoms with Crippen molar-refractivity contribution in [1.82, 2.24) is 19.9 Å². The summed E-state index contributed by atoms with van der Waals surface area (Å²) in [6, 6.07) is 10.3. The highest BCUT2D eigenvalue weighted by molar-refractivity contribution is 7.63. The SMILES string of the molecule is CC1CC(=O)[C@@H](N(CCC(=O)c2cc(Cl)ccc2-n2cc(C(F)(F)F)nn2)C(=O)CP(C)(C)=O)CCC[C@@H](C)C(=O)Nc2ccccc21. The molecular formula is C33H38ClF3N5O5P. The van der Waals surface area contributed by atoms with Crippen molar-refractivity contribution in [3.8, 4) is 5.69 Å². The first kappa shape index (κ1) is 37.0. The van der Waals surface area contributed by atoms with Gasteiger partial charge in [0.05, 0.1) is 31.2 Å². The Morgan fingerprint density at radius 2 is 1.79 bits per heavy atom. The third kappa shape index (κ3) is 9.41. The van der Waals surface area contributed by atoms with Crippen LogP contribution in [0.25, 0.3) is 5.69 Å². The highest BCUT2D eigenvalue weighted by atomic mass is 35.5. The van der Waals surface area contributed by atoms with E-state index in [0.717, 1.165) is 10.2 Å². The van der Waals surface area contributed by atoms with Crippen molar-refractivity contribution in [1.29, 1.82) is 0 Å². The zero-order chi connectivity index (χ0) is 35.4. The molecular weight excluding hydrogens is 670 g/mol. The summed E-state index contributed by atoms with van der Waals surface area (Å²) < 4.78 is 53.3. The van der Waals surface area contributed by atoms with E-state index in [2.05, 4.69) is 15.6 Å². The minimum atomic E-state index is -4.75. The van der Waals surface area contributed by atoms with Gasteiger partial charge in [-0.15, -0.1) is 5.10 Å². The van der Waals surface area contributed by atoms with Crippen LogP contribution in [0, 0.1) is 5.92 Å². The Kier molecular flexibility index (Phi) is 11.7. The van der Waals surface area contributed by atoms with Gasteiger partial charge in [-0.3, -0.25) is 19.2 Å². The van der Waals surface area contributed by atoms with Gasteiger partial charge >= 0.3 is 6.18 Å². The molecule has 3 atom stereocenters. The molecule has 1 N–H and O–H groups in total. The van der Waals surface area contributed by atoms with Gasteiger partial charge in [-0.1, -0.05) is 55.3 Å². The van der Waals surface area contributed by atoms with Gasteiger partial charge in [0.25, 0.3) is 0 Å². The Morgan fingerprint density at radius 3 is 2.46 bits per heavy atom. The highest BCUT2D eigenvalue weighted by Gasteiger charge is 2.36. The van der Waals surface area contributed by atoms with Crippen LogP contribution in [0.1, 0.15) is 73.5 Å². The first-order chi connectivity index (χ1) is 22.4. The average molecular weight is 708 g/mol. The number of carbonyl (C=O) groups excluding carboxylic acids is 4. The largest absolute Gasteiger partial charge is 0.436 e. The number of rotatable bonds is 8. The van der Waals surface area contributed by atoms with Crippen LogP contribution in [0.3, 0.4) is 0 Å². The van der Waals surface area contributed by atoms with Gasteiger partial charge in [0.2, 0.25) is 11.8 Å². The highest BCUT2D eigenvalue weighted by Crippen LogP contribution is 2.37. The number of nitrogens with zero attached hydrogens (tertiary/aromatic N) is 4. The van der Waals surface area contributed by atoms with Crippen LogP contribution in [0.15, 0.2) is 48.7 Å². The number of alkyl halides is 3. The van der Waals surface area contributed by atoms with Gasteiger partial charge in [0.15, 0.2) is 17.3 Å². The number of hydrogen-bond donors (Lipinski definition) is 1. The summed E-state index contributed by atoms with van der Waals surface area (Å²) in [5.74, 6) is -2.26. The number of ketones is 2. The van der Waals surface area contributed by atoms with E-state index in [-0.39, 0.29) is 65.9 Å². The maximum Gasteiger partial charge on any atom is 0.436 e. The van der Waals surface area contributed by atoms with E-state index in [1.165, 1.54) is 36.4 Å². The molecule has 48 heavy (non-hydrogen) atoms. The molecule has 0 saturated heterocycles. The summed E-state index contributed by atoms with van der Waals surface area (Å²) in [6.07, 6.45) is -3.66. The maximum absolute atomic E-state index is 14.0. The van der Waals surface area contributed by atoms with Crippen molar-refractivity contribution in [2.75, 3.05) is 31.4 Å². The molecule has 1 aromatic heterocycles. The van der Waals surface area contributed by atoms with Gasteiger partial charge in [-0.05, 0) is 61.9 Å². The zero-order valence-corrected chi connectivity index (χ0v) is 28.7. The summed E-state index contributed by atoms with van der Waals surface area (Å²) in [4.78, 5) is 55.7. The molecule has 2 heterocycles. The number of anilines is 1. The zero-order valence-electron chi connectivity index (χ0n) is 27.1. The van der Waals surface area contributed by atoms with Crippen LogP contribution >= 0.6 is 18.7 Å². The van der Waals surface area contributed by atoms with Gasteiger partial charge in [0, 0.05) is 41.6 Å². The molecule has 0 fully saturated rings. The van der Waals surface area contributed by atoms with E-state index in [0.29, 0.717) is 24.7 Å². The molecule has 10 nitrogen and oxygen atoms in total. The normalized spacial score (nSPS) is 19.5. The molecule has 0 bridgehead atoms. The topological polar surface area (TPSA) is 131 Å². The van der Waals surface area contributed by atoms with Gasteiger partial charge in [-0.2, -0.15) is 13.2 Å². The second-order valence-corrected chi connectivity index (χ2v) is 16.6.